The third-order valence-corrected chi connectivity index (χ3v) is 2.66. The van der Waals surface area contributed by atoms with Gasteiger partial charge < -0.3 is 15.8 Å². The van der Waals surface area contributed by atoms with Gasteiger partial charge in [0.05, 0.1) is 12.6 Å². The van der Waals surface area contributed by atoms with Crippen LogP contribution in [0.1, 0.15) is 33.6 Å². The topological polar surface area (TPSA) is 64.3 Å². The Morgan fingerprint density at radius 1 is 1.32 bits per heavy atom. The lowest BCUT2D eigenvalue weighted by atomic mass is 10.0. The van der Waals surface area contributed by atoms with E-state index in [9.17, 15) is 4.79 Å². The third-order valence-electron chi connectivity index (χ3n) is 2.66. The maximum Gasteiger partial charge on any atom is 0.241 e. The zero-order chi connectivity index (χ0) is 14.3. The first-order chi connectivity index (χ1) is 9.02. The number of carbonyl (C=O) groups is 1. The average Bonchev–Trinajstić information content (AvgIpc) is 2.37. The largest absolute Gasteiger partial charge is 0.494 e. The van der Waals surface area contributed by atoms with E-state index >= 15 is 0 Å². The molecule has 19 heavy (non-hydrogen) atoms. The second-order valence-electron chi connectivity index (χ2n) is 5.10. The van der Waals surface area contributed by atoms with Crippen molar-refractivity contribution in [2.75, 3.05) is 11.9 Å². The van der Waals surface area contributed by atoms with Crippen LogP contribution in [0, 0.1) is 5.92 Å². The summed E-state index contributed by atoms with van der Waals surface area (Å²) in [5.41, 5.74) is 6.57. The predicted octanol–water partition coefficient (Wildman–Crippen LogP) is 2.79. The van der Waals surface area contributed by atoms with Crippen LogP contribution in [0.4, 0.5) is 5.69 Å². The minimum absolute atomic E-state index is 0.143. The number of nitrogens with one attached hydrogen (secondary N) is 1. The Morgan fingerprint density at radius 3 is 2.47 bits per heavy atom. The summed E-state index contributed by atoms with van der Waals surface area (Å²) in [7, 11) is 0. The van der Waals surface area contributed by atoms with Crippen LogP contribution in [0.5, 0.6) is 5.75 Å². The Morgan fingerprint density at radius 2 is 1.95 bits per heavy atom. The van der Waals surface area contributed by atoms with Crippen LogP contribution in [0.25, 0.3) is 0 Å². The molecular formula is C15H24N2O2. The number of carbonyl (C=O) groups excluding carboxylic acids is 1. The van der Waals surface area contributed by atoms with Gasteiger partial charge in [-0.3, -0.25) is 4.79 Å². The molecule has 1 aromatic rings. The summed E-state index contributed by atoms with van der Waals surface area (Å²) in [6.45, 7) is 6.86. The monoisotopic (exact) mass is 264 g/mol. The number of benzene rings is 1. The molecular weight excluding hydrogens is 240 g/mol. The molecule has 1 amide bonds. The Kier molecular flexibility index (Phi) is 6.36. The predicted molar refractivity (Wildman–Crippen MR) is 78.3 cm³/mol. The molecule has 0 aromatic heterocycles. The fraction of sp³-hybridized carbons (Fsp3) is 0.533. The summed E-state index contributed by atoms with van der Waals surface area (Å²) >= 11 is 0. The smallest absolute Gasteiger partial charge is 0.241 e. The number of ether oxygens (including phenoxy) is 1. The average molecular weight is 264 g/mol. The Labute approximate surface area is 115 Å². The molecule has 0 aliphatic heterocycles. The van der Waals surface area contributed by atoms with Crippen LogP contribution >= 0.6 is 0 Å². The minimum atomic E-state index is -0.462. The third kappa shape index (κ3) is 5.75. The second kappa shape index (κ2) is 7.79. The number of hydrogen-bond donors (Lipinski definition) is 2. The molecule has 1 rings (SSSR count). The van der Waals surface area contributed by atoms with Gasteiger partial charge in [-0.2, -0.15) is 0 Å². The van der Waals surface area contributed by atoms with E-state index in [1.807, 2.05) is 38.1 Å². The molecule has 1 atom stereocenters. The van der Waals surface area contributed by atoms with Crippen molar-refractivity contribution in [1.29, 1.82) is 0 Å². The quantitative estimate of drug-likeness (QED) is 0.796. The van der Waals surface area contributed by atoms with Gasteiger partial charge >= 0.3 is 0 Å². The lowest BCUT2D eigenvalue weighted by molar-refractivity contribution is -0.117. The summed E-state index contributed by atoms with van der Waals surface area (Å²) in [5.74, 6) is 1.08. The van der Waals surface area contributed by atoms with Gasteiger partial charge in [0.15, 0.2) is 0 Å². The van der Waals surface area contributed by atoms with E-state index in [1.54, 1.807) is 0 Å². The summed E-state index contributed by atoms with van der Waals surface area (Å²) in [5, 5.41) is 2.81. The van der Waals surface area contributed by atoms with Crippen molar-refractivity contribution in [3.05, 3.63) is 24.3 Å². The molecule has 0 saturated heterocycles. The summed E-state index contributed by atoms with van der Waals surface area (Å²) in [6.07, 6.45) is 1.66. The standard InChI is InChI=1S/C15H24N2O2/c1-4-9-19-13-7-5-12(6-8-13)17-15(18)14(16)10-11(2)3/h5-8,11,14H,4,9-10,16H2,1-3H3,(H,17,18)/t14-/m0/s1. The van der Waals surface area contributed by atoms with E-state index in [0.29, 0.717) is 18.9 Å². The molecule has 106 valence electrons. The van der Waals surface area contributed by atoms with Crippen molar-refractivity contribution in [1.82, 2.24) is 0 Å². The summed E-state index contributed by atoms with van der Waals surface area (Å²) in [6, 6.07) is 6.88. The molecule has 0 saturated carbocycles. The summed E-state index contributed by atoms with van der Waals surface area (Å²) < 4.78 is 5.48. The van der Waals surface area contributed by atoms with Crippen LogP contribution < -0.4 is 15.8 Å². The van der Waals surface area contributed by atoms with Crippen molar-refractivity contribution in [2.24, 2.45) is 11.7 Å². The number of hydrogen-bond acceptors (Lipinski definition) is 3. The van der Waals surface area contributed by atoms with Gasteiger partial charge in [-0.1, -0.05) is 20.8 Å². The molecule has 0 aliphatic rings. The molecule has 0 unspecified atom stereocenters. The fourth-order valence-electron chi connectivity index (χ4n) is 1.70. The van der Waals surface area contributed by atoms with E-state index < -0.39 is 6.04 Å². The highest BCUT2D eigenvalue weighted by molar-refractivity contribution is 5.94. The zero-order valence-electron chi connectivity index (χ0n) is 12.0. The van der Waals surface area contributed by atoms with Gasteiger partial charge in [0.2, 0.25) is 5.91 Å². The maximum absolute atomic E-state index is 11.8. The second-order valence-corrected chi connectivity index (χ2v) is 5.10. The first-order valence-corrected chi connectivity index (χ1v) is 6.82. The minimum Gasteiger partial charge on any atom is -0.494 e. The number of nitrogens with two attached hydrogens (primary N) is 1. The molecule has 0 aliphatic carbocycles. The van der Waals surface area contributed by atoms with Crippen molar-refractivity contribution >= 4 is 11.6 Å². The Balaban J connectivity index is 2.50. The molecule has 1 aromatic carbocycles. The van der Waals surface area contributed by atoms with E-state index in [4.69, 9.17) is 10.5 Å². The fourth-order valence-corrected chi connectivity index (χ4v) is 1.70. The lowest BCUT2D eigenvalue weighted by Gasteiger charge is -2.14. The first-order valence-electron chi connectivity index (χ1n) is 6.82. The number of anilines is 1. The van der Waals surface area contributed by atoms with E-state index in [2.05, 4.69) is 12.2 Å². The van der Waals surface area contributed by atoms with Gasteiger partial charge in [0, 0.05) is 5.69 Å². The van der Waals surface area contributed by atoms with Crippen molar-refractivity contribution in [3.8, 4) is 5.75 Å². The highest BCUT2D eigenvalue weighted by Gasteiger charge is 2.14. The lowest BCUT2D eigenvalue weighted by Crippen LogP contribution is -2.36. The van der Waals surface area contributed by atoms with Gasteiger partial charge in [-0.25, -0.2) is 0 Å². The summed E-state index contributed by atoms with van der Waals surface area (Å²) in [4.78, 5) is 11.8. The number of rotatable bonds is 7. The van der Waals surface area contributed by atoms with Gasteiger partial charge in [0.1, 0.15) is 5.75 Å². The molecule has 0 bridgehead atoms. The maximum atomic E-state index is 11.8. The van der Waals surface area contributed by atoms with Crippen molar-refractivity contribution < 1.29 is 9.53 Å². The highest BCUT2D eigenvalue weighted by Crippen LogP contribution is 2.16. The van der Waals surface area contributed by atoms with Gasteiger partial charge in [0.25, 0.3) is 0 Å². The molecule has 4 heteroatoms. The van der Waals surface area contributed by atoms with Crippen molar-refractivity contribution in [3.63, 3.8) is 0 Å². The molecule has 4 nitrogen and oxygen atoms in total. The Hall–Kier alpha value is -1.55. The van der Waals surface area contributed by atoms with E-state index in [-0.39, 0.29) is 5.91 Å². The number of amides is 1. The highest BCUT2D eigenvalue weighted by atomic mass is 16.5. The van der Waals surface area contributed by atoms with E-state index in [0.717, 1.165) is 17.9 Å². The normalized spacial score (nSPS) is 12.3. The molecule has 0 heterocycles. The van der Waals surface area contributed by atoms with Crippen LogP contribution in [0.3, 0.4) is 0 Å². The van der Waals surface area contributed by atoms with Crippen LogP contribution in [0.2, 0.25) is 0 Å². The van der Waals surface area contributed by atoms with Gasteiger partial charge in [-0.05, 0) is 43.0 Å². The van der Waals surface area contributed by atoms with Crippen LogP contribution in [0.15, 0.2) is 24.3 Å². The van der Waals surface area contributed by atoms with Gasteiger partial charge in [-0.15, -0.1) is 0 Å². The molecule has 3 N–H and O–H groups in total. The van der Waals surface area contributed by atoms with Crippen LogP contribution in [-0.4, -0.2) is 18.6 Å². The van der Waals surface area contributed by atoms with Crippen molar-refractivity contribution in [2.45, 2.75) is 39.7 Å². The van der Waals surface area contributed by atoms with E-state index in [1.165, 1.54) is 0 Å². The first kappa shape index (κ1) is 15.5. The molecule has 0 fully saturated rings. The SMILES string of the molecule is CCCOc1ccc(NC(=O)[C@@H](N)CC(C)C)cc1. The van der Waals surface area contributed by atoms with Crippen LogP contribution in [-0.2, 0) is 4.79 Å². The molecule has 0 spiro atoms. The molecule has 0 radical (unpaired) electrons. The Bertz CT molecular complexity index is 388. The zero-order valence-corrected chi connectivity index (χ0v) is 12.0.